The molecule has 1 aliphatic rings. The molecular weight excluding hydrogens is 160 g/mol. The standard InChI is InChI=1S/C12H14O/c1-9(2)10-5-3-7-12-11(10)6-4-8-13-12/h3-7,9H,8H2,1-2H3. The van der Waals surface area contributed by atoms with Gasteiger partial charge in [0, 0.05) is 5.56 Å². The highest BCUT2D eigenvalue weighted by atomic mass is 16.5. The van der Waals surface area contributed by atoms with Crippen LogP contribution in [0.5, 0.6) is 5.75 Å². The molecule has 68 valence electrons. The van der Waals surface area contributed by atoms with Gasteiger partial charge in [0.2, 0.25) is 0 Å². The molecule has 1 heteroatoms. The molecule has 1 heterocycles. The molecule has 13 heavy (non-hydrogen) atoms. The third-order valence-electron chi connectivity index (χ3n) is 2.34. The van der Waals surface area contributed by atoms with Crippen molar-refractivity contribution in [1.29, 1.82) is 0 Å². The minimum Gasteiger partial charge on any atom is -0.489 e. The van der Waals surface area contributed by atoms with Crippen LogP contribution in [-0.2, 0) is 0 Å². The molecule has 0 radical (unpaired) electrons. The SMILES string of the molecule is CC(C)c1cccc2c1C=CCO2. The first-order valence-corrected chi connectivity index (χ1v) is 4.71. The zero-order valence-electron chi connectivity index (χ0n) is 8.08. The van der Waals surface area contributed by atoms with Crippen LogP contribution >= 0.6 is 0 Å². The fourth-order valence-corrected chi connectivity index (χ4v) is 1.67. The Bertz CT molecular complexity index is 337. The van der Waals surface area contributed by atoms with Gasteiger partial charge < -0.3 is 4.74 Å². The monoisotopic (exact) mass is 174 g/mol. The van der Waals surface area contributed by atoms with E-state index in [2.05, 4.69) is 38.1 Å². The molecule has 2 rings (SSSR count). The van der Waals surface area contributed by atoms with E-state index in [1.54, 1.807) is 0 Å². The number of ether oxygens (including phenoxy) is 1. The summed E-state index contributed by atoms with van der Waals surface area (Å²) in [6.45, 7) is 5.12. The van der Waals surface area contributed by atoms with Gasteiger partial charge in [-0.1, -0.05) is 32.1 Å². The number of hydrogen-bond acceptors (Lipinski definition) is 1. The van der Waals surface area contributed by atoms with Crippen LogP contribution in [0.3, 0.4) is 0 Å². The summed E-state index contributed by atoms with van der Waals surface area (Å²) in [5.41, 5.74) is 2.62. The first-order valence-electron chi connectivity index (χ1n) is 4.71. The lowest BCUT2D eigenvalue weighted by Crippen LogP contribution is -2.03. The maximum Gasteiger partial charge on any atom is 0.127 e. The molecule has 1 aromatic carbocycles. The molecule has 1 aliphatic heterocycles. The van der Waals surface area contributed by atoms with Crippen LogP contribution in [0.1, 0.15) is 30.9 Å². The highest BCUT2D eigenvalue weighted by Gasteiger charge is 2.11. The predicted molar refractivity (Wildman–Crippen MR) is 55.1 cm³/mol. The molecular formula is C12H14O. The average molecular weight is 174 g/mol. The van der Waals surface area contributed by atoms with E-state index in [1.165, 1.54) is 11.1 Å². The quantitative estimate of drug-likeness (QED) is 0.635. The van der Waals surface area contributed by atoms with Crippen LogP contribution in [-0.4, -0.2) is 6.61 Å². The number of fused-ring (bicyclic) bond motifs is 1. The van der Waals surface area contributed by atoms with Crippen LogP contribution in [0, 0.1) is 0 Å². The van der Waals surface area contributed by atoms with E-state index >= 15 is 0 Å². The van der Waals surface area contributed by atoms with Crippen molar-refractivity contribution in [1.82, 2.24) is 0 Å². The number of hydrogen-bond donors (Lipinski definition) is 0. The second-order valence-electron chi connectivity index (χ2n) is 3.63. The third-order valence-corrected chi connectivity index (χ3v) is 2.34. The van der Waals surface area contributed by atoms with Crippen molar-refractivity contribution < 1.29 is 4.74 Å². The topological polar surface area (TPSA) is 9.23 Å². The lowest BCUT2D eigenvalue weighted by Gasteiger charge is -2.17. The van der Waals surface area contributed by atoms with Crippen molar-refractivity contribution in [2.75, 3.05) is 6.61 Å². The van der Waals surface area contributed by atoms with Gasteiger partial charge in [-0.2, -0.15) is 0 Å². The van der Waals surface area contributed by atoms with Crippen molar-refractivity contribution in [2.45, 2.75) is 19.8 Å². The molecule has 0 saturated heterocycles. The second kappa shape index (κ2) is 3.25. The molecule has 0 bridgehead atoms. The van der Waals surface area contributed by atoms with Gasteiger partial charge in [-0.05, 0) is 23.6 Å². The van der Waals surface area contributed by atoms with Gasteiger partial charge in [0.25, 0.3) is 0 Å². The van der Waals surface area contributed by atoms with Gasteiger partial charge >= 0.3 is 0 Å². The molecule has 0 atom stereocenters. The average Bonchev–Trinajstić information content (AvgIpc) is 2.17. The summed E-state index contributed by atoms with van der Waals surface area (Å²) in [5.74, 6) is 1.58. The molecule has 1 aromatic rings. The summed E-state index contributed by atoms with van der Waals surface area (Å²) in [7, 11) is 0. The molecule has 0 spiro atoms. The minimum atomic E-state index is 0.557. The van der Waals surface area contributed by atoms with Gasteiger partial charge in [-0.25, -0.2) is 0 Å². The van der Waals surface area contributed by atoms with Gasteiger partial charge in [-0.15, -0.1) is 0 Å². The van der Waals surface area contributed by atoms with E-state index in [9.17, 15) is 0 Å². The summed E-state index contributed by atoms with van der Waals surface area (Å²) in [6.07, 6.45) is 4.22. The first kappa shape index (κ1) is 8.36. The van der Waals surface area contributed by atoms with Crippen molar-refractivity contribution in [3.8, 4) is 5.75 Å². The number of rotatable bonds is 1. The molecule has 0 fully saturated rings. The largest absolute Gasteiger partial charge is 0.489 e. The Kier molecular flexibility index (Phi) is 2.09. The van der Waals surface area contributed by atoms with Crippen LogP contribution in [0.25, 0.3) is 6.08 Å². The van der Waals surface area contributed by atoms with E-state index in [1.807, 2.05) is 6.07 Å². The van der Waals surface area contributed by atoms with Gasteiger partial charge in [0.05, 0.1) is 0 Å². The number of benzene rings is 1. The molecule has 0 aliphatic carbocycles. The molecule has 0 saturated carbocycles. The lowest BCUT2D eigenvalue weighted by molar-refractivity contribution is 0.358. The van der Waals surface area contributed by atoms with Gasteiger partial charge in [-0.3, -0.25) is 0 Å². The van der Waals surface area contributed by atoms with E-state index in [4.69, 9.17) is 4.74 Å². The normalized spacial score (nSPS) is 14.1. The first-order chi connectivity index (χ1) is 6.29. The molecule has 1 nitrogen and oxygen atoms in total. The van der Waals surface area contributed by atoms with Crippen LogP contribution in [0.15, 0.2) is 24.3 Å². The highest BCUT2D eigenvalue weighted by molar-refractivity contribution is 5.63. The summed E-state index contributed by atoms with van der Waals surface area (Å²) in [6, 6.07) is 6.26. The Morgan fingerprint density at radius 1 is 1.31 bits per heavy atom. The Morgan fingerprint density at radius 2 is 2.15 bits per heavy atom. The van der Waals surface area contributed by atoms with Crippen LogP contribution in [0.4, 0.5) is 0 Å². The van der Waals surface area contributed by atoms with Crippen molar-refractivity contribution in [2.24, 2.45) is 0 Å². The zero-order valence-corrected chi connectivity index (χ0v) is 8.08. The Balaban J connectivity index is 2.54. The Hall–Kier alpha value is -1.24. The Morgan fingerprint density at radius 3 is 2.92 bits per heavy atom. The smallest absolute Gasteiger partial charge is 0.127 e. The highest BCUT2D eigenvalue weighted by Crippen LogP contribution is 2.30. The molecule has 0 amide bonds. The third kappa shape index (κ3) is 1.46. The maximum absolute atomic E-state index is 5.53. The van der Waals surface area contributed by atoms with Crippen LogP contribution < -0.4 is 4.74 Å². The fourth-order valence-electron chi connectivity index (χ4n) is 1.67. The van der Waals surface area contributed by atoms with E-state index in [-0.39, 0.29) is 0 Å². The summed E-state index contributed by atoms with van der Waals surface area (Å²) < 4.78 is 5.53. The molecule has 0 aromatic heterocycles. The van der Waals surface area contributed by atoms with Gasteiger partial charge in [0.1, 0.15) is 12.4 Å². The predicted octanol–water partition coefficient (Wildman–Crippen LogP) is 3.22. The van der Waals surface area contributed by atoms with Gasteiger partial charge in [0.15, 0.2) is 0 Å². The summed E-state index contributed by atoms with van der Waals surface area (Å²) >= 11 is 0. The molecule has 0 N–H and O–H groups in total. The van der Waals surface area contributed by atoms with E-state index in [0.29, 0.717) is 12.5 Å². The second-order valence-corrected chi connectivity index (χ2v) is 3.63. The van der Waals surface area contributed by atoms with Crippen molar-refractivity contribution in [3.05, 3.63) is 35.4 Å². The lowest BCUT2D eigenvalue weighted by atomic mass is 9.95. The van der Waals surface area contributed by atoms with E-state index in [0.717, 1.165) is 5.75 Å². The van der Waals surface area contributed by atoms with Crippen molar-refractivity contribution >= 4 is 6.08 Å². The van der Waals surface area contributed by atoms with E-state index < -0.39 is 0 Å². The summed E-state index contributed by atoms with van der Waals surface area (Å²) in [5, 5.41) is 0. The Labute approximate surface area is 79.0 Å². The minimum absolute atomic E-state index is 0.557. The fraction of sp³-hybridized carbons (Fsp3) is 0.333. The molecule has 0 unspecified atom stereocenters. The van der Waals surface area contributed by atoms with Crippen LogP contribution in [0.2, 0.25) is 0 Å². The summed E-state index contributed by atoms with van der Waals surface area (Å²) in [4.78, 5) is 0. The maximum atomic E-state index is 5.53. The van der Waals surface area contributed by atoms with Crippen molar-refractivity contribution in [3.63, 3.8) is 0 Å². The zero-order chi connectivity index (χ0) is 9.26.